The quantitative estimate of drug-likeness (QED) is 0.830. The molecule has 3 nitrogen and oxygen atoms in total. The van der Waals surface area contributed by atoms with Gasteiger partial charge >= 0.3 is 0 Å². The summed E-state index contributed by atoms with van der Waals surface area (Å²) in [5.74, 6) is 0.883. The Morgan fingerprint density at radius 1 is 1.50 bits per heavy atom. The van der Waals surface area contributed by atoms with Gasteiger partial charge in [-0.1, -0.05) is 18.3 Å². The maximum absolute atomic E-state index is 9.19. The number of aromatic nitrogens is 1. The van der Waals surface area contributed by atoms with Gasteiger partial charge in [-0.3, -0.25) is 0 Å². The number of nitrogens with zero attached hydrogens (tertiary/aromatic N) is 2. The third-order valence-electron chi connectivity index (χ3n) is 2.96. The van der Waals surface area contributed by atoms with Crippen LogP contribution in [0.25, 0.3) is 0 Å². The Kier molecular flexibility index (Phi) is 3.82. The lowest BCUT2D eigenvalue weighted by Crippen LogP contribution is -2.26. The molecule has 1 aromatic heterocycles. The van der Waals surface area contributed by atoms with Crippen LogP contribution in [-0.2, 0) is 6.61 Å². The van der Waals surface area contributed by atoms with Gasteiger partial charge in [0.05, 0.1) is 17.2 Å². The van der Waals surface area contributed by atoms with Crippen molar-refractivity contribution >= 4 is 16.5 Å². The summed E-state index contributed by atoms with van der Waals surface area (Å²) in [7, 11) is 0. The average Bonchev–Trinajstić information content (AvgIpc) is 3.00. The second kappa shape index (κ2) is 5.15. The first kappa shape index (κ1) is 11.9. The maximum Gasteiger partial charge on any atom is 0.185 e. The Balaban J connectivity index is 2.09. The van der Waals surface area contributed by atoms with Crippen LogP contribution in [0.4, 0.5) is 5.13 Å². The van der Waals surface area contributed by atoms with Gasteiger partial charge in [0.25, 0.3) is 0 Å². The summed E-state index contributed by atoms with van der Waals surface area (Å²) in [6.45, 7) is 6.52. The third-order valence-corrected chi connectivity index (χ3v) is 4.17. The topological polar surface area (TPSA) is 36.4 Å². The molecule has 4 heteroatoms. The number of aliphatic hydroxyl groups is 1. The largest absolute Gasteiger partial charge is 0.391 e. The van der Waals surface area contributed by atoms with Crippen LogP contribution in [0.1, 0.15) is 36.8 Å². The highest BCUT2D eigenvalue weighted by Gasteiger charge is 2.25. The number of aliphatic hydroxyl groups excluding tert-OH is 1. The molecule has 16 heavy (non-hydrogen) atoms. The molecule has 0 atom stereocenters. The summed E-state index contributed by atoms with van der Waals surface area (Å²) in [4.78, 5) is 7.96. The van der Waals surface area contributed by atoms with Gasteiger partial charge in [-0.25, -0.2) is 4.98 Å². The molecule has 1 fully saturated rings. The number of hydrogen-bond donors (Lipinski definition) is 1. The molecule has 1 N–H and O–H groups in total. The van der Waals surface area contributed by atoms with E-state index in [0.717, 1.165) is 41.1 Å². The Morgan fingerprint density at radius 3 is 2.75 bits per heavy atom. The Morgan fingerprint density at radius 2 is 2.25 bits per heavy atom. The number of hydrogen-bond acceptors (Lipinski definition) is 4. The van der Waals surface area contributed by atoms with Crippen LogP contribution >= 0.6 is 11.3 Å². The third kappa shape index (κ3) is 2.74. The molecule has 0 radical (unpaired) electrons. The van der Waals surface area contributed by atoms with E-state index >= 15 is 0 Å². The molecular weight excluding hydrogens is 220 g/mol. The Labute approximate surface area is 101 Å². The van der Waals surface area contributed by atoms with Gasteiger partial charge in [0.2, 0.25) is 0 Å². The monoisotopic (exact) mass is 240 g/mol. The van der Waals surface area contributed by atoms with Crippen LogP contribution in [0.3, 0.4) is 0 Å². The number of thiazole rings is 1. The van der Waals surface area contributed by atoms with Gasteiger partial charge in [-0.05, 0) is 32.1 Å². The zero-order valence-corrected chi connectivity index (χ0v) is 10.9. The molecule has 0 aliphatic heterocycles. The fourth-order valence-corrected chi connectivity index (χ4v) is 2.80. The molecule has 1 heterocycles. The molecule has 2 rings (SSSR count). The summed E-state index contributed by atoms with van der Waals surface area (Å²) in [6.07, 6.45) is 3.90. The molecule has 0 aromatic carbocycles. The molecule has 0 amide bonds. The summed E-state index contributed by atoms with van der Waals surface area (Å²) < 4.78 is 0. The molecule has 1 aromatic rings. The average molecular weight is 240 g/mol. The summed E-state index contributed by atoms with van der Waals surface area (Å²) in [5.41, 5.74) is 0.986. The summed E-state index contributed by atoms with van der Waals surface area (Å²) in [6, 6.07) is 0. The zero-order valence-electron chi connectivity index (χ0n) is 10.1. The van der Waals surface area contributed by atoms with Gasteiger partial charge in [-0.15, -0.1) is 0 Å². The van der Waals surface area contributed by atoms with Gasteiger partial charge in [0.1, 0.15) is 0 Å². The lowest BCUT2D eigenvalue weighted by atomic mass is 10.3. The van der Waals surface area contributed by atoms with E-state index in [1.807, 2.05) is 6.92 Å². The van der Waals surface area contributed by atoms with E-state index in [1.54, 1.807) is 11.3 Å². The van der Waals surface area contributed by atoms with Gasteiger partial charge in [0, 0.05) is 13.1 Å². The van der Waals surface area contributed by atoms with Crippen LogP contribution in [0.2, 0.25) is 0 Å². The van der Waals surface area contributed by atoms with Crippen molar-refractivity contribution in [2.45, 2.75) is 39.7 Å². The van der Waals surface area contributed by atoms with Crippen molar-refractivity contribution in [3.05, 3.63) is 10.6 Å². The predicted octanol–water partition coefficient (Wildman–Crippen LogP) is 2.57. The van der Waals surface area contributed by atoms with Crippen LogP contribution in [0.5, 0.6) is 0 Å². The SMILES string of the molecule is CCCN(CC1CC1)c1nc(C)c(CO)s1. The molecule has 0 saturated heterocycles. The van der Waals surface area contributed by atoms with E-state index in [1.165, 1.54) is 12.8 Å². The summed E-state index contributed by atoms with van der Waals surface area (Å²) in [5, 5.41) is 10.3. The number of aryl methyl sites for hydroxylation is 1. The fraction of sp³-hybridized carbons (Fsp3) is 0.750. The standard InChI is InChI=1S/C12H20N2OS/c1-3-6-14(7-10-4-5-10)12-13-9(2)11(8-15)16-12/h10,15H,3-8H2,1-2H3. The first-order chi connectivity index (χ1) is 7.74. The van der Waals surface area contributed by atoms with Crippen molar-refractivity contribution < 1.29 is 5.11 Å². The maximum atomic E-state index is 9.19. The molecule has 90 valence electrons. The highest BCUT2D eigenvalue weighted by atomic mass is 32.1. The molecular formula is C12H20N2OS. The van der Waals surface area contributed by atoms with Gasteiger partial charge < -0.3 is 10.0 Å². The Bertz CT molecular complexity index is 347. The smallest absolute Gasteiger partial charge is 0.185 e. The minimum Gasteiger partial charge on any atom is -0.391 e. The molecule has 1 aliphatic carbocycles. The first-order valence-corrected chi connectivity index (χ1v) is 6.88. The summed E-state index contributed by atoms with van der Waals surface area (Å²) >= 11 is 1.64. The van der Waals surface area contributed by atoms with Crippen LogP contribution < -0.4 is 4.90 Å². The minimum atomic E-state index is 0.118. The minimum absolute atomic E-state index is 0.118. The second-order valence-electron chi connectivity index (χ2n) is 4.55. The van der Waals surface area contributed by atoms with Crippen molar-refractivity contribution in [1.82, 2.24) is 4.98 Å². The van der Waals surface area contributed by atoms with Gasteiger partial charge in [-0.2, -0.15) is 0 Å². The van der Waals surface area contributed by atoms with Crippen molar-refractivity contribution in [3.8, 4) is 0 Å². The predicted molar refractivity (Wildman–Crippen MR) is 68.0 cm³/mol. The van der Waals surface area contributed by atoms with E-state index in [9.17, 15) is 5.11 Å². The van der Waals surface area contributed by atoms with Crippen LogP contribution in [0, 0.1) is 12.8 Å². The molecule has 0 unspecified atom stereocenters. The second-order valence-corrected chi connectivity index (χ2v) is 5.61. The Hall–Kier alpha value is -0.610. The highest BCUT2D eigenvalue weighted by molar-refractivity contribution is 7.15. The fourth-order valence-electron chi connectivity index (χ4n) is 1.84. The van der Waals surface area contributed by atoms with E-state index in [0.29, 0.717) is 0 Å². The zero-order chi connectivity index (χ0) is 11.5. The number of anilines is 1. The van der Waals surface area contributed by atoms with Crippen molar-refractivity contribution in [1.29, 1.82) is 0 Å². The van der Waals surface area contributed by atoms with Crippen LogP contribution in [0.15, 0.2) is 0 Å². The normalized spacial score (nSPS) is 15.4. The lowest BCUT2D eigenvalue weighted by molar-refractivity contribution is 0.284. The van der Waals surface area contributed by atoms with Crippen LogP contribution in [-0.4, -0.2) is 23.2 Å². The van der Waals surface area contributed by atoms with E-state index in [4.69, 9.17) is 0 Å². The number of rotatable bonds is 6. The molecule has 1 aliphatic rings. The lowest BCUT2D eigenvalue weighted by Gasteiger charge is -2.20. The molecule has 0 spiro atoms. The van der Waals surface area contributed by atoms with Crippen molar-refractivity contribution in [2.75, 3.05) is 18.0 Å². The van der Waals surface area contributed by atoms with E-state index < -0.39 is 0 Å². The van der Waals surface area contributed by atoms with Crippen molar-refractivity contribution in [2.24, 2.45) is 5.92 Å². The van der Waals surface area contributed by atoms with Gasteiger partial charge in [0.15, 0.2) is 5.13 Å². The van der Waals surface area contributed by atoms with E-state index in [2.05, 4.69) is 16.8 Å². The molecule has 0 bridgehead atoms. The van der Waals surface area contributed by atoms with Crippen molar-refractivity contribution in [3.63, 3.8) is 0 Å². The van der Waals surface area contributed by atoms with E-state index in [-0.39, 0.29) is 6.61 Å². The first-order valence-electron chi connectivity index (χ1n) is 6.06. The molecule has 1 saturated carbocycles. The highest BCUT2D eigenvalue weighted by Crippen LogP contribution is 2.33.